The zero-order valence-corrected chi connectivity index (χ0v) is 15.3. The van der Waals surface area contributed by atoms with Gasteiger partial charge in [0.05, 0.1) is 6.54 Å². The van der Waals surface area contributed by atoms with Crippen LogP contribution in [-0.4, -0.2) is 35.8 Å². The number of hydrogen-bond acceptors (Lipinski definition) is 5. The Morgan fingerprint density at radius 1 is 1.08 bits per heavy atom. The number of ketones is 1. The van der Waals surface area contributed by atoms with Crippen LogP contribution < -0.4 is 9.47 Å². The highest BCUT2D eigenvalue weighted by molar-refractivity contribution is 7.09. The topological polar surface area (TPSA) is 55.8 Å². The largest absolute Gasteiger partial charge is 0.486 e. The molecule has 5 nitrogen and oxygen atoms in total. The number of thiophene rings is 1. The van der Waals surface area contributed by atoms with Crippen LogP contribution in [0.5, 0.6) is 11.5 Å². The number of carbonyl (C=O) groups is 2. The van der Waals surface area contributed by atoms with Gasteiger partial charge in [0.2, 0.25) is 5.91 Å². The summed E-state index contributed by atoms with van der Waals surface area (Å²) >= 11 is 1.66. The van der Waals surface area contributed by atoms with E-state index in [1.54, 1.807) is 29.5 Å². The molecule has 6 heteroatoms. The molecular weight excluding hydrogens is 350 g/mol. The molecule has 1 aromatic carbocycles. The number of rotatable bonds is 7. The van der Waals surface area contributed by atoms with Gasteiger partial charge in [-0.2, -0.15) is 0 Å². The molecular formula is C20H21NO4S. The fraction of sp³-hybridized carbons (Fsp3) is 0.400. The fourth-order valence-electron chi connectivity index (χ4n) is 3.10. The van der Waals surface area contributed by atoms with Gasteiger partial charge in [0.1, 0.15) is 13.2 Å². The second-order valence-electron chi connectivity index (χ2n) is 6.61. The molecule has 0 bridgehead atoms. The molecule has 1 aliphatic carbocycles. The Balaban J connectivity index is 1.36. The minimum absolute atomic E-state index is 0.0396. The van der Waals surface area contributed by atoms with Crippen molar-refractivity contribution in [2.75, 3.05) is 13.2 Å². The molecule has 0 radical (unpaired) electrons. The molecule has 136 valence electrons. The number of nitrogens with zero attached hydrogens (tertiary/aromatic N) is 1. The van der Waals surface area contributed by atoms with E-state index in [0.29, 0.717) is 42.9 Å². The molecule has 0 atom stereocenters. The third kappa shape index (κ3) is 3.90. The Morgan fingerprint density at radius 3 is 2.62 bits per heavy atom. The van der Waals surface area contributed by atoms with Gasteiger partial charge in [0.25, 0.3) is 0 Å². The van der Waals surface area contributed by atoms with E-state index in [4.69, 9.17) is 9.47 Å². The minimum Gasteiger partial charge on any atom is -0.486 e. The number of benzene rings is 1. The van der Waals surface area contributed by atoms with Gasteiger partial charge in [-0.05, 0) is 42.5 Å². The summed E-state index contributed by atoms with van der Waals surface area (Å²) in [7, 11) is 0. The number of Topliss-reactive ketones (excluding diaryl/α,β-unsaturated/α-hetero) is 1. The maximum Gasteiger partial charge on any atom is 0.223 e. The molecule has 1 aliphatic heterocycles. The molecule has 2 aliphatic rings. The van der Waals surface area contributed by atoms with E-state index in [2.05, 4.69) is 0 Å². The van der Waals surface area contributed by atoms with Crippen LogP contribution in [-0.2, 0) is 11.3 Å². The molecule has 26 heavy (non-hydrogen) atoms. The van der Waals surface area contributed by atoms with Crippen LogP contribution in [0.25, 0.3) is 0 Å². The van der Waals surface area contributed by atoms with Crippen molar-refractivity contribution in [3.8, 4) is 11.5 Å². The first-order chi connectivity index (χ1) is 12.7. The summed E-state index contributed by atoms with van der Waals surface area (Å²) in [5.41, 5.74) is 0.568. The van der Waals surface area contributed by atoms with Crippen molar-refractivity contribution in [2.24, 2.45) is 0 Å². The molecule has 2 heterocycles. The maximum absolute atomic E-state index is 12.7. The van der Waals surface area contributed by atoms with Crippen LogP contribution >= 0.6 is 11.3 Å². The van der Waals surface area contributed by atoms with E-state index in [0.717, 1.165) is 12.8 Å². The van der Waals surface area contributed by atoms with Crippen molar-refractivity contribution < 1.29 is 19.1 Å². The van der Waals surface area contributed by atoms with Gasteiger partial charge in [-0.15, -0.1) is 11.3 Å². The number of ether oxygens (including phenoxy) is 2. The summed E-state index contributed by atoms with van der Waals surface area (Å²) in [5, 5.41) is 2.02. The summed E-state index contributed by atoms with van der Waals surface area (Å²) in [6.45, 7) is 1.66. The molecule has 1 fully saturated rings. The fourth-order valence-corrected chi connectivity index (χ4v) is 3.81. The van der Waals surface area contributed by atoms with Crippen molar-refractivity contribution in [1.29, 1.82) is 0 Å². The third-order valence-corrected chi connectivity index (χ3v) is 5.51. The zero-order chi connectivity index (χ0) is 17.9. The lowest BCUT2D eigenvalue weighted by atomic mass is 10.1. The zero-order valence-electron chi connectivity index (χ0n) is 14.5. The van der Waals surface area contributed by atoms with Crippen molar-refractivity contribution in [3.63, 3.8) is 0 Å². The first-order valence-corrected chi connectivity index (χ1v) is 9.83. The molecule has 0 unspecified atom stereocenters. The Hall–Kier alpha value is -2.34. The molecule has 1 amide bonds. The first-order valence-electron chi connectivity index (χ1n) is 8.95. The van der Waals surface area contributed by atoms with Crippen LogP contribution in [0.2, 0.25) is 0 Å². The standard InChI is InChI=1S/C20H21NO4S/c22-17(14-3-7-18-19(12-14)25-10-9-24-18)6-8-20(23)21(15-4-5-15)13-16-2-1-11-26-16/h1-3,7,11-12,15H,4-6,8-10,13H2. The predicted molar refractivity (Wildman–Crippen MR) is 98.9 cm³/mol. The molecule has 2 aromatic rings. The van der Waals surface area contributed by atoms with E-state index in [1.807, 2.05) is 22.4 Å². The SMILES string of the molecule is O=C(CCC(=O)N(Cc1cccs1)C1CC1)c1ccc2c(c1)OCCO2. The second-order valence-corrected chi connectivity index (χ2v) is 7.65. The van der Waals surface area contributed by atoms with Crippen LogP contribution in [0.3, 0.4) is 0 Å². The highest BCUT2D eigenvalue weighted by atomic mass is 32.1. The van der Waals surface area contributed by atoms with Crippen LogP contribution in [0.1, 0.15) is 40.9 Å². The van der Waals surface area contributed by atoms with Crippen molar-refractivity contribution in [3.05, 3.63) is 46.2 Å². The maximum atomic E-state index is 12.7. The highest BCUT2D eigenvalue weighted by Gasteiger charge is 2.32. The number of hydrogen-bond donors (Lipinski definition) is 0. The lowest BCUT2D eigenvalue weighted by Crippen LogP contribution is -2.32. The Kier molecular flexibility index (Phi) is 4.93. The van der Waals surface area contributed by atoms with E-state index < -0.39 is 0 Å². The Bertz CT molecular complexity index is 798. The molecule has 4 rings (SSSR count). The number of amides is 1. The molecule has 0 spiro atoms. The molecule has 0 N–H and O–H groups in total. The summed E-state index contributed by atoms with van der Waals surface area (Å²) in [6, 6.07) is 9.61. The molecule has 1 saturated carbocycles. The Morgan fingerprint density at radius 2 is 1.88 bits per heavy atom. The Labute approximate surface area is 156 Å². The van der Waals surface area contributed by atoms with E-state index in [-0.39, 0.29) is 24.5 Å². The first kappa shape index (κ1) is 17.1. The summed E-state index contributed by atoms with van der Waals surface area (Å²) in [4.78, 5) is 28.3. The molecule has 1 aromatic heterocycles. The minimum atomic E-state index is -0.0396. The smallest absolute Gasteiger partial charge is 0.223 e. The lowest BCUT2D eigenvalue weighted by molar-refractivity contribution is -0.132. The van der Waals surface area contributed by atoms with Crippen LogP contribution in [0, 0.1) is 0 Å². The van der Waals surface area contributed by atoms with Gasteiger partial charge in [-0.25, -0.2) is 0 Å². The summed E-state index contributed by atoms with van der Waals surface area (Å²) < 4.78 is 11.0. The van der Waals surface area contributed by atoms with Crippen molar-refractivity contribution in [1.82, 2.24) is 4.90 Å². The van der Waals surface area contributed by atoms with Crippen LogP contribution in [0.15, 0.2) is 35.7 Å². The number of carbonyl (C=O) groups excluding carboxylic acids is 2. The monoisotopic (exact) mass is 371 g/mol. The highest BCUT2D eigenvalue weighted by Crippen LogP contribution is 2.32. The quantitative estimate of drug-likeness (QED) is 0.697. The summed E-state index contributed by atoms with van der Waals surface area (Å²) in [5.74, 6) is 1.29. The summed E-state index contributed by atoms with van der Waals surface area (Å²) in [6.07, 6.45) is 2.59. The lowest BCUT2D eigenvalue weighted by Gasteiger charge is -2.22. The van der Waals surface area contributed by atoms with Gasteiger partial charge in [0, 0.05) is 29.3 Å². The van der Waals surface area contributed by atoms with Gasteiger partial charge in [-0.3, -0.25) is 9.59 Å². The van der Waals surface area contributed by atoms with Gasteiger partial charge < -0.3 is 14.4 Å². The van der Waals surface area contributed by atoms with Crippen molar-refractivity contribution >= 4 is 23.0 Å². The predicted octanol–water partition coefficient (Wildman–Crippen LogP) is 3.67. The van der Waals surface area contributed by atoms with Gasteiger partial charge >= 0.3 is 0 Å². The van der Waals surface area contributed by atoms with Crippen LogP contribution in [0.4, 0.5) is 0 Å². The van der Waals surface area contributed by atoms with Gasteiger partial charge in [0.15, 0.2) is 17.3 Å². The van der Waals surface area contributed by atoms with Gasteiger partial charge in [-0.1, -0.05) is 6.07 Å². The average Bonchev–Trinajstić information content (AvgIpc) is 3.39. The second kappa shape index (κ2) is 7.50. The normalized spacial score (nSPS) is 15.5. The average molecular weight is 371 g/mol. The third-order valence-electron chi connectivity index (χ3n) is 4.64. The van der Waals surface area contributed by atoms with Crippen molar-refractivity contribution in [2.45, 2.75) is 38.3 Å². The number of fused-ring (bicyclic) bond motifs is 1. The van der Waals surface area contributed by atoms with E-state index in [1.165, 1.54) is 4.88 Å². The molecule has 0 saturated heterocycles. The van der Waals surface area contributed by atoms with E-state index >= 15 is 0 Å². The van der Waals surface area contributed by atoms with E-state index in [9.17, 15) is 9.59 Å².